The van der Waals surface area contributed by atoms with E-state index in [1.165, 1.54) is 0 Å². The fraction of sp³-hybridized carbons (Fsp3) is 0.533. The average Bonchev–Trinajstić information content (AvgIpc) is 2.74. The normalized spacial score (nSPS) is 28.1. The summed E-state index contributed by atoms with van der Waals surface area (Å²) in [5.41, 5.74) is 0.712. The maximum atomic E-state index is 13.6. The number of aliphatic hydroxyl groups is 2. The number of hydrogen-bond acceptors (Lipinski definition) is 5. The van der Waals surface area contributed by atoms with Crippen LogP contribution in [0.3, 0.4) is 0 Å². The molecule has 37 heavy (non-hydrogen) atoms. The second-order valence-electron chi connectivity index (χ2n) is 12.3. The van der Waals surface area contributed by atoms with Gasteiger partial charge in [0.25, 0.3) is 0 Å². The van der Waals surface area contributed by atoms with E-state index in [2.05, 4.69) is 0 Å². The van der Waals surface area contributed by atoms with Crippen LogP contribution in [0.2, 0.25) is 10.0 Å². The molecule has 200 valence electrons. The average molecular weight is 548 g/mol. The highest BCUT2D eigenvalue weighted by atomic mass is 35.5. The van der Waals surface area contributed by atoms with E-state index in [-0.39, 0.29) is 41.8 Å². The van der Waals surface area contributed by atoms with Gasteiger partial charge in [-0.3, -0.25) is 9.59 Å². The summed E-state index contributed by atoms with van der Waals surface area (Å²) >= 11 is 12.6. The molecule has 0 amide bonds. The van der Waals surface area contributed by atoms with Crippen molar-refractivity contribution in [2.24, 2.45) is 22.7 Å². The van der Waals surface area contributed by atoms with E-state index < -0.39 is 30.0 Å². The maximum absolute atomic E-state index is 13.6. The van der Waals surface area contributed by atoms with Gasteiger partial charge in [-0.25, -0.2) is 0 Å². The monoisotopic (exact) mass is 546 g/mol. The Bertz CT molecular complexity index is 1130. The van der Waals surface area contributed by atoms with Crippen molar-refractivity contribution in [1.29, 1.82) is 0 Å². The molecule has 2 aliphatic carbocycles. The molecule has 1 unspecified atom stereocenters. The van der Waals surface area contributed by atoms with Gasteiger partial charge in [0.2, 0.25) is 0 Å². The van der Waals surface area contributed by atoms with Crippen molar-refractivity contribution in [2.45, 2.75) is 78.1 Å². The molecule has 2 aromatic carbocycles. The van der Waals surface area contributed by atoms with Crippen LogP contribution in [-0.4, -0.2) is 34.0 Å². The van der Waals surface area contributed by atoms with Crippen molar-refractivity contribution in [3.8, 4) is 5.75 Å². The van der Waals surface area contributed by atoms with Gasteiger partial charge in [0.05, 0.1) is 24.0 Å². The van der Waals surface area contributed by atoms with Crippen LogP contribution in [0.15, 0.2) is 42.5 Å². The lowest BCUT2D eigenvalue weighted by Gasteiger charge is -2.46. The summed E-state index contributed by atoms with van der Waals surface area (Å²) in [7, 11) is 0. The third-order valence-electron chi connectivity index (χ3n) is 7.79. The molecule has 0 aliphatic heterocycles. The Labute approximate surface area is 229 Å². The van der Waals surface area contributed by atoms with Gasteiger partial charge in [-0.05, 0) is 59.6 Å². The minimum absolute atomic E-state index is 0.112. The topological polar surface area (TPSA) is 83.8 Å². The molecule has 2 N–H and O–H groups in total. The lowest BCUT2D eigenvalue weighted by molar-refractivity contribution is -0.144. The first-order chi connectivity index (χ1) is 17.3. The van der Waals surface area contributed by atoms with Crippen LogP contribution >= 0.6 is 23.2 Å². The second kappa shape index (κ2) is 10.7. The molecule has 7 heteroatoms. The largest absolute Gasteiger partial charge is 0.489 e. The van der Waals surface area contributed by atoms with E-state index in [1.807, 2.05) is 45.9 Å². The predicted molar refractivity (Wildman–Crippen MR) is 145 cm³/mol. The summed E-state index contributed by atoms with van der Waals surface area (Å²) in [5.74, 6) is -2.25. The van der Waals surface area contributed by atoms with E-state index >= 15 is 0 Å². The fourth-order valence-corrected chi connectivity index (χ4v) is 6.72. The number of carbonyl (C=O) groups excluding carboxylic acids is 2. The van der Waals surface area contributed by atoms with Crippen molar-refractivity contribution in [3.63, 3.8) is 0 Å². The zero-order valence-electron chi connectivity index (χ0n) is 21.8. The van der Waals surface area contributed by atoms with E-state index in [1.54, 1.807) is 24.3 Å². The number of halogens is 2. The van der Waals surface area contributed by atoms with Crippen LogP contribution in [-0.2, 0) is 16.2 Å². The summed E-state index contributed by atoms with van der Waals surface area (Å²) in [5, 5.41) is 23.6. The maximum Gasteiger partial charge on any atom is 0.139 e. The highest BCUT2D eigenvalue weighted by Crippen LogP contribution is 2.51. The van der Waals surface area contributed by atoms with E-state index in [9.17, 15) is 19.8 Å². The Kier molecular flexibility index (Phi) is 8.11. The third-order valence-corrected chi connectivity index (χ3v) is 8.26. The number of aliphatic hydroxyl groups excluding tert-OH is 2. The molecule has 5 nitrogen and oxygen atoms in total. The first-order valence-corrected chi connectivity index (χ1v) is 13.6. The zero-order chi connectivity index (χ0) is 27.1. The van der Waals surface area contributed by atoms with Crippen molar-refractivity contribution in [1.82, 2.24) is 0 Å². The van der Waals surface area contributed by atoms with Crippen molar-refractivity contribution < 1.29 is 24.5 Å². The Balaban J connectivity index is 1.79. The SMILES string of the molecule is CC1(C)CC(=O)[C@@H](C(c2cc(Cl)ccc2OCc2cccc(Cl)c2)[C@H]2C(=O)CC(C)(C)C[C@@H]2O)[C@H](O)C1. The Morgan fingerprint density at radius 3 is 1.92 bits per heavy atom. The molecule has 0 heterocycles. The molecular weight excluding hydrogens is 511 g/mol. The van der Waals surface area contributed by atoms with Crippen LogP contribution in [0, 0.1) is 22.7 Å². The quantitative estimate of drug-likeness (QED) is 0.438. The summed E-state index contributed by atoms with van der Waals surface area (Å²) < 4.78 is 6.22. The van der Waals surface area contributed by atoms with Gasteiger partial charge in [0, 0.05) is 34.4 Å². The molecule has 5 atom stereocenters. The van der Waals surface area contributed by atoms with Crippen molar-refractivity contribution in [2.75, 3.05) is 0 Å². The smallest absolute Gasteiger partial charge is 0.139 e. The lowest BCUT2D eigenvalue weighted by Crippen LogP contribution is -2.51. The first kappa shape index (κ1) is 28.1. The summed E-state index contributed by atoms with van der Waals surface area (Å²) in [6.07, 6.45) is -0.518. The van der Waals surface area contributed by atoms with Crippen molar-refractivity contribution >= 4 is 34.8 Å². The van der Waals surface area contributed by atoms with E-state index in [0.717, 1.165) is 5.56 Å². The van der Waals surface area contributed by atoms with Crippen molar-refractivity contribution in [3.05, 3.63) is 63.6 Å². The molecule has 2 saturated carbocycles. The zero-order valence-corrected chi connectivity index (χ0v) is 23.4. The van der Waals surface area contributed by atoms with Gasteiger partial charge in [0.1, 0.15) is 23.9 Å². The Morgan fingerprint density at radius 1 is 0.865 bits per heavy atom. The van der Waals surface area contributed by atoms with Gasteiger partial charge >= 0.3 is 0 Å². The van der Waals surface area contributed by atoms with Crippen LogP contribution in [0.25, 0.3) is 0 Å². The minimum atomic E-state index is -0.962. The van der Waals surface area contributed by atoms with Crippen LogP contribution in [0.1, 0.15) is 70.4 Å². The molecule has 0 aromatic heterocycles. The number of hydrogen-bond donors (Lipinski definition) is 2. The highest BCUT2D eigenvalue weighted by molar-refractivity contribution is 6.31. The third kappa shape index (κ3) is 6.39. The van der Waals surface area contributed by atoms with Gasteiger partial charge in [-0.2, -0.15) is 0 Å². The number of ether oxygens (including phenoxy) is 1. The summed E-state index contributed by atoms with van der Waals surface area (Å²) in [4.78, 5) is 27.2. The van der Waals surface area contributed by atoms with Gasteiger partial charge in [-0.15, -0.1) is 0 Å². The molecule has 0 radical (unpaired) electrons. The first-order valence-electron chi connectivity index (χ1n) is 12.8. The predicted octanol–water partition coefficient (Wildman–Crippen LogP) is 6.39. The summed E-state index contributed by atoms with van der Waals surface area (Å²) in [6, 6.07) is 12.4. The Hall–Kier alpha value is -1.92. The molecule has 2 aliphatic rings. The Morgan fingerprint density at radius 2 is 1.41 bits per heavy atom. The van der Waals surface area contributed by atoms with Crippen LogP contribution in [0.4, 0.5) is 0 Å². The van der Waals surface area contributed by atoms with E-state index in [0.29, 0.717) is 34.2 Å². The number of benzene rings is 2. The molecular formula is C30H36Cl2O5. The van der Waals surface area contributed by atoms with Gasteiger partial charge in [-0.1, -0.05) is 63.0 Å². The van der Waals surface area contributed by atoms with Crippen LogP contribution < -0.4 is 4.74 Å². The van der Waals surface area contributed by atoms with Crippen LogP contribution in [0.5, 0.6) is 5.75 Å². The van der Waals surface area contributed by atoms with Gasteiger partial charge in [0.15, 0.2) is 0 Å². The molecule has 4 rings (SSSR count). The molecule has 0 saturated heterocycles. The molecule has 2 fully saturated rings. The molecule has 2 aromatic rings. The second-order valence-corrected chi connectivity index (χ2v) is 13.2. The number of ketones is 2. The van der Waals surface area contributed by atoms with Gasteiger partial charge < -0.3 is 14.9 Å². The number of rotatable bonds is 6. The number of Topliss-reactive ketones (excluding diaryl/α,β-unsaturated/α-hetero) is 2. The van der Waals surface area contributed by atoms with E-state index in [4.69, 9.17) is 27.9 Å². The number of carbonyl (C=O) groups is 2. The molecule has 0 spiro atoms. The minimum Gasteiger partial charge on any atom is -0.489 e. The fourth-order valence-electron chi connectivity index (χ4n) is 6.33. The molecule has 0 bridgehead atoms. The summed E-state index contributed by atoms with van der Waals surface area (Å²) in [6.45, 7) is 8.05. The lowest BCUT2D eigenvalue weighted by atomic mass is 9.58. The standard InChI is InChI=1S/C30H36Cl2O5/c1-29(2)12-21(33)27(22(34)13-29)26(28-23(35)14-30(3,4)15-24(28)36)20-11-19(32)8-9-25(20)37-16-17-6-5-7-18(31)10-17/h5-11,21,23,26-28,33,35H,12-16H2,1-4H3/t21-,23+,26?,27+,28-. The highest BCUT2D eigenvalue weighted by Gasteiger charge is 2.52.